The van der Waals surface area contributed by atoms with E-state index in [1.54, 1.807) is 0 Å². The summed E-state index contributed by atoms with van der Waals surface area (Å²) in [5, 5.41) is 3.17. The van der Waals surface area contributed by atoms with Crippen LogP contribution in [0, 0.1) is 13.8 Å². The Morgan fingerprint density at radius 1 is 1.36 bits per heavy atom. The van der Waals surface area contributed by atoms with Crippen LogP contribution in [-0.4, -0.2) is 33.2 Å². The van der Waals surface area contributed by atoms with Gasteiger partial charge in [0.25, 0.3) is 0 Å². The van der Waals surface area contributed by atoms with Gasteiger partial charge in [-0.15, -0.1) is 0 Å². The highest BCUT2D eigenvalue weighted by Crippen LogP contribution is 2.36. The molecule has 2 N–H and O–H groups in total. The van der Waals surface area contributed by atoms with Gasteiger partial charge in [-0.1, -0.05) is 19.1 Å². The lowest BCUT2D eigenvalue weighted by Gasteiger charge is -2.17. The van der Waals surface area contributed by atoms with Crippen LogP contribution in [0.3, 0.4) is 0 Å². The number of H-pyrrole nitrogens is 1. The molecule has 0 radical (unpaired) electrons. The molecular weight excluding hydrogens is 352 g/mol. The number of hydrogen-bond donors (Lipinski definition) is 2. The number of ether oxygens (including phenoxy) is 1. The molecule has 1 saturated heterocycles. The molecule has 1 fully saturated rings. The molecule has 2 aromatic heterocycles. The number of fused-ring (bicyclic) bond motifs is 1. The zero-order valence-electron chi connectivity index (χ0n) is 16.8. The second kappa shape index (κ2) is 7.80. The fourth-order valence-corrected chi connectivity index (χ4v) is 4.00. The Labute approximate surface area is 165 Å². The molecule has 1 atom stereocenters. The molecule has 3 aromatic rings. The van der Waals surface area contributed by atoms with Crippen molar-refractivity contribution in [1.82, 2.24) is 14.5 Å². The van der Waals surface area contributed by atoms with Crippen LogP contribution < -0.4 is 5.32 Å². The van der Waals surface area contributed by atoms with Gasteiger partial charge in [0.1, 0.15) is 11.6 Å². The van der Waals surface area contributed by atoms with Crippen molar-refractivity contribution in [2.45, 2.75) is 59.1 Å². The van der Waals surface area contributed by atoms with Crippen LogP contribution in [0.15, 0.2) is 24.3 Å². The largest absolute Gasteiger partial charge is 0.376 e. The lowest BCUT2D eigenvalue weighted by atomic mass is 10.1. The van der Waals surface area contributed by atoms with E-state index in [-0.39, 0.29) is 12.0 Å². The Morgan fingerprint density at radius 2 is 2.18 bits per heavy atom. The molecule has 148 valence electrons. The maximum absolute atomic E-state index is 12.5. The fourth-order valence-electron chi connectivity index (χ4n) is 4.00. The van der Waals surface area contributed by atoms with Crippen LogP contribution in [0.2, 0.25) is 0 Å². The summed E-state index contributed by atoms with van der Waals surface area (Å²) >= 11 is 0. The van der Waals surface area contributed by atoms with E-state index >= 15 is 0 Å². The average molecular weight is 380 g/mol. The summed E-state index contributed by atoms with van der Waals surface area (Å²) in [6.45, 7) is 7.78. The molecule has 0 unspecified atom stereocenters. The first-order valence-electron chi connectivity index (χ1n) is 10.1. The lowest BCUT2D eigenvalue weighted by Crippen LogP contribution is -2.20. The number of rotatable bonds is 6. The van der Waals surface area contributed by atoms with Crippen LogP contribution >= 0.6 is 0 Å². The molecule has 0 spiro atoms. The monoisotopic (exact) mass is 380 g/mol. The molecule has 1 aliphatic heterocycles. The molecule has 28 heavy (non-hydrogen) atoms. The van der Waals surface area contributed by atoms with Gasteiger partial charge in [0.15, 0.2) is 0 Å². The van der Waals surface area contributed by atoms with Crippen molar-refractivity contribution in [3.8, 4) is 11.4 Å². The first-order chi connectivity index (χ1) is 13.6. The number of carbonyl (C=O) groups excluding carboxylic acids is 1. The molecule has 1 aromatic carbocycles. The van der Waals surface area contributed by atoms with E-state index in [0.29, 0.717) is 6.42 Å². The van der Waals surface area contributed by atoms with E-state index in [9.17, 15) is 4.79 Å². The first kappa shape index (κ1) is 18.7. The third kappa shape index (κ3) is 3.44. The van der Waals surface area contributed by atoms with Crippen molar-refractivity contribution < 1.29 is 9.53 Å². The number of hydrogen-bond acceptors (Lipinski definition) is 3. The quantitative estimate of drug-likeness (QED) is 0.658. The third-order valence-electron chi connectivity index (χ3n) is 5.60. The maximum atomic E-state index is 12.5. The third-order valence-corrected chi connectivity index (χ3v) is 5.60. The number of imidazole rings is 1. The van der Waals surface area contributed by atoms with Crippen LogP contribution in [0.25, 0.3) is 22.4 Å². The Balaban J connectivity index is 1.82. The van der Waals surface area contributed by atoms with E-state index in [2.05, 4.69) is 28.7 Å². The highest BCUT2D eigenvalue weighted by molar-refractivity contribution is 5.95. The maximum Gasteiger partial charge on any atom is 0.225 e. The van der Waals surface area contributed by atoms with E-state index in [4.69, 9.17) is 9.72 Å². The number of nitrogens with one attached hydrogen (secondary N) is 2. The molecule has 6 nitrogen and oxygen atoms in total. The van der Waals surface area contributed by atoms with Crippen LogP contribution in [0.4, 0.5) is 5.82 Å². The topological polar surface area (TPSA) is 71.9 Å². The standard InChI is InChI=1S/C22H28N4O2/c1-4-8-19(27)25-22-20(21-23-17-10-5-6-11-18(17)24-21)14(2)15(3)26(22)13-16-9-7-12-28-16/h5-6,10-11,16H,4,7-9,12-13H2,1-3H3,(H,23,24)(H,25,27)/t16-/m1/s1. The predicted molar refractivity (Wildman–Crippen MR) is 112 cm³/mol. The van der Waals surface area contributed by atoms with Crippen LogP contribution in [0.5, 0.6) is 0 Å². The van der Waals surface area contributed by atoms with Crippen LogP contribution in [-0.2, 0) is 16.1 Å². The van der Waals surface area contributed by atoms with Gasteiger partial charge in [0.2, 0.25) is 5.91 Å². The van der Waals surface area contributed by atoms with Gasteiger partial charge in [-0.2, -0.15) is 0 Å². The normalized spacial score (nSPS) is 16.8. The zero-order valence-corrected chi connectivity index (χ0v) is 16.8. The van der Waals surface area contributed by atoms with Gasteiger partial charge >= 0.3 is 0 Å². The summed E-state index contributed by atoms with van der Waals surface area (Å²) in [6, 6.07) is 8.00. The Hall–Kier alpha value is -2.60. The molecule has 0 saturated carbocycles. The number of carbonyl (C=O) groups is 1. The molecule has 6 heteroatoms. The summed E-state index contributed by atoms with van der Waals surface area (Å²) in [5.41, 5.74) is 5.15. The molecule has 3 heterocycles. The van der Waals surface area contributed by atoms with Crippen molar-refractivity contribution in [3.05, 3.63) is 35.5 Å². The van der Waals surface area contributed by atoms with E-state index in [1.165, 1.54) is 0 Å². The van der Waals surface area contributed by atoms with Gasteiger partial charge in [-0.25, -0.2) is 4.98 Å². The average Bonchev–Trinajstić information content (AvgIpc) is 3.38. The second-order valence-corrected chi connectivity index (χ2v) is 7.58. The van der Waals surface area contributed by atoms with Gasteiger partial charge in [0.05, 0.1) is 29.2 Å². The number of aromatic amines is 1. The predicted octanol–water partition coefficient (Wildman–Crippen LogP) is 4.57. The highest BCUT2D eigenvalue weighted by atomic mass is 16.5. The minimum Gasteiger partial charge on any atom is -0.376 e. The summed E-state index contributed by atoms with van der Waals surface area (Å²) in [5.74, 6) is 1.65. The number of anilines is 1. The Morgan fingerprint density at radius 3 is 2.89 bits per heavy atom. The zero-order chi connectivity index (χ0) is 19.7. The Bertz CT molecular complexity index is 963. The van der Waals surface area contributed by atoms with Gasteiger partial charge in [-0.05, 0) is 50.8 Å². The smallest absolute Gasteiger partial charge is 0.225 e. The van der Waals surface area contributed by atoms with Crippen molar-refractivity contribution in [2.24, 2.45) is 0 Å². The minimum atomic E-state index is 0.0333. The first-order valence-corrected chi connectivity index (χ1v) is 10.1. The van der Waals surface area contributed by atoms with E-state index in [1.807, 2.05) is 31.2 Å². The van der Waals surface area contributed by atoms with Gasteiger partial charge in [0, 0.05) is 18.7 Å². The summed E-state index contributed by atoms with van der Waals surface area (Å²) < 4.78 is 8.06. The van der Waals surface area contributed by atoms with Crippen molar-refractivity contribution >= 4 is 22.8 Å². The summed E-state index contributed by atoms with van der Waals surface area (Å²) in [6.07, 6.45) is 3.66. The number of para-hydroxylation sites is 2. The Kier molecular flexibility index (Phi) is 5.22. The van der Waals surface area contributed by atoms with Crippen molar-refractivity contribution in [3.63, 3.8) is 0 Å². The van der Waals surface area contributed by atoms with Gasteiger partial charge < -0.3 is 19.6 Å². The number of nitrogens with zero attached hydrogens (tertiary/aromatic N) is 2. The van der Waals surface area contributed by atoms with E-state index < -0.39 is 0 Å². The molecule has 0 aliphatic carbocycles. The van der Waals surface area contributed by atoms with E-state index in [0.717, 1.165) is 71.9 Å². The molecule has 1 amide bonds. The number of benzene rings is 1. The second-order valence-electron chi connectivity index (χ2n) is 7.58. The van der Waals surface area contributed by atoms with Crippen molar-refractivity contribution in [2.75, 3.05) is 11.9 Å². The molecule has 0 bridgehead atoms. The summed E-state index contributed by atoms with van der Waals surface area (Å²) in [7, 11) is 0. The van der Waals surface area contributed by atoms with Crippen molar-refractivity contribution in [1.29, 1.82) is 0 Å². The molecule has 4 rings (SSSR count). The SMILES string of the molecule is CCCC(=O)Nc1c(-c2nc3ccccc3[nH]2)c(C)c(C)n1C[C@H]1CCCO1. The highest BCUT2D eigenvalue weighted by Gasteiger charge is 2.26. The summed E-state index contributed by atoms with van der Waals surface area (Å²) in [4.78, 5) is 20.7. The number of aromatic nitrogens is 3. The molecule has 1 aliphatic rings. The van der Waals surface area contributed by atoms with Crippen LogP contribution in [0.1, 0.15) is 43.9 Å². The lowest BCUT2D eigenvalue weighted by molar-refractivity contribution is -0.116. The minimum absolute atomic E-state index is 0.0333. The number of amides is 1. The van der Waals surface area contributed by atoms with Gasteiger partial charge in [-0.3, -0.25) is 4.79 Å². The molecular formula is C22H28N4O2. The fraction of sp³-hybridized carbons (Fsp3) is 0.455.